The summed E-state index contributed by atoms with van der Waals surface area (Å²) in [6.45, 7) is 6.57. The van der Waals surface area contributed by atoms with E-state index in [1.165, 1.54) is 0 Å². The molecule has 2 fully saturated rings. The van der Waals surface area contributed by atoms with Crippen molar-refractivity contribution in [2.75, 3.05) is 39.3 Å². The number of hydrogen-bond acceptors (Lipinski definition) is 3. The number of nitrogens with zero attached hydrogens (tertiary/aromatic N) is 2. The van der Waals surface area contributed by atoms with Gasteiger partial charge in [-0.15, -0.1) is 0 Å². The number of hydrogen-bond donors (Lipinski definition) is 1. The van der Waals surface area contributed by atoms with Crippen molar-refractivity contribution in [1.82, 2.24) is 9.80 Å². The first-order valence-electron chi connectivity index (χ1n) is 5.74. The molecule has 1 aliphatic heterocycles. The van der Waals surface area contributed by atoms with Gasteiger partial charge in [0.25, 0.3) is 0 Å². The Morgan fingerprint density at radius 3 is 2.27 bits per heavy atom. The first-order valence-corrected chi connectivity index (χ1v) is 5.74. The van der Waals surface area contributed by atoms with E-state index in [9.17, 15) is 9.90 Å². The summed E-state index contributed by atoms with van der Waals surface area (Å²) in [5.41, 5.74) is 0.207. The van der Waals surface area contributed by atoms with E-state index in [4.69, 9.17) is 0 Å². The quantitative estimate of drug-likeness (QED) is 0.712. The molecule has 0 aromatic heterocycles. The highest BCUT2D eigenvalue weighted by molar-refractivity contribution is 5.73. The lowest BCUT2D eigenvalue weighted by Crippen LogP contribution is -2.49. The van der Waals surface area contributed by atoms with E-state index in [2.05, 4.69) is 4.90 Å². The van der Waals surface area contributed by atoms with Crippen LogP contribution in [0.1, 0.15) is 19.8 Å². The third-order valence-electron chi connectivity index (χ3n) is 3.67. The van der Waals surface area contributed by atoms with Gasteiger partial charge in [-0.3, -0.25) is 9.69 Å². The Hall–Kier alpha value is -0.610. The highest BCUT2D eigenvalue weighted by Gasteiger charge is 2.43. The Balaban J connectivity index is 1.76. The van der Waals surface area contributed by atoms with Gasteiger partial charge in [0.1, 0.15) is 0 Å². The van der Waals surface area contributed by atoms with Crippen molar-refractivity contribution < 1.29 is 9.90 Å². The van der Waals surface area contributed by atoms with Crippen LogP contribution in [0.5, 0.6) is 0 Å². The number of carbonyl (C=O) groups excluding carboxylic acids is 1. The molecule has 15 heavy (non-hydrogen) atoms. The summed E-state index contributed by atoms with van der Waals surface area (Å²) in [4.78, 5) is 15.4. The van der Waals surface area contributed by atoms with Crippen LogP contribution in [-0.2, 0) is 4.79 Å². The smallest absolute Gasteiger partial charge is 0.219 e. The molecule has 0 bridgehead atoms. The van der Waals surface area contributed by atoms with Gasteiger partial charge in [0.05, 0.1) is 0 Å². The highest BCUT2D eigenvalue weighted by Crippen LogP contribution is 2.45. The van der Waals surface area contributed by atoms with Crippen molar-refractivity contribution in [1.29, 1.82) is 0 Å². The molecule has 0 aromatic carbocycles. The fourth-order valence-corrected chi connectivity index (χ4v) is 2.24. The van der Waals surface area contributed by atoms with Gasteiger partial charge < -0.3 is 10.0 Å². The Kier molecular flexibility index (Phi) is 2.98. The molecule has 4 nitrogen and oxygen atoms in total. The van der Waals surface area contributed by atoms with E-state index in [0.717, 1.165) is 45.6 Å². The first kappa shape index (κ1) is 10.9. The molecule has 1 aliphatic carbocycles. The molecule has 0 unspecified atom stereocenters. The van der Waals surface area contributed by atoms with Gasteiger partial charge in [0.15, 0.2) is 0 Å². The minimum Gasteiger partial charge on any atom is -0.396 e. The Morgan fingerprint density at radius 2 is 1.87 bits per heavy atom. The van der Waals surface area contributed by atoms with Gasteiger partial charge in [-0.1, -0.05) is 0 Å². The summed E-state index contributed by atoms with van der Waals surface area (Å²) in [7, 11) is 0. The van der Waals surface area contributed by atoms with Gasteiger partial charge in [-0.05, 0) is 12.8 Å². The molecule has 1 heterocycles. The SMILES string of the molecule is CC(=O)N1CCN(CC2(CO)CC2)CC1. The molecule has 1 amide bonds. The van der Waals surface area contributed by atoms with E-state index in [-0.39, 0.29) is 11.3 Å². The molecular formula is C11H20N2O2. The van der Waals surface area contributed by atoms with Gasteiger partial charge >= 0.3 is 0 Å². The largest absolute Gasteiger partial charge is 0.396 e. The molecule has 2 aliphatic rings. The Labute approximate surface area is 90.9 Å². The molecule has 1 N–H and O–H groups in total. The van der Waals surface area contributed by atoms with Crippen molar-refractivity contribution in [2.24, 2.45) is 5.41 Å². The second-order valence-electron chi connectivity index (χ2n) is 4.94. The van der Waals surface area contributed by atoms with E-state index in [0.29, 0.717) is 6.61 Å². The molecule has 1 saturated carbocycles. The van der Waals surface area contributed by atoms with Gasteiger partial charge in [-0.25, -0.2) is 0 Å². The predicted octanol–water partition coefficient (Wildman–Crippen LogP) is -0.0770. The van der Waals surface area contributed by atoms with Crippen molar-refractivity contribution >= 4 is 5.91 Å². The molecule has 4 heteroatoms. The summed E-state index contributed by atoms with van der Waals surface area (Å²) in [5.74, 6) is 0.179. The lowest BCUT2D eigenvalue weighted by Gasteiger charge is -2.35. The second kappa shape index (κ2) is 4.10. The molecule has 0 spiro atoms. The third kappa shape index (κ3) is 2.49. The maximum atomic E-state index is 11.1. The van der Waals surface area contributed by atoms with Crippen LogP contribution in [0.25, 0.3) is 0 Å². The maximum absolute atomic E-state index is 11.1. The van der Waals surface area contributed by atoms with Crippen LogP contribution < -0.4 is 0 Å². The summed E-state index contributed by atoms with van der Waals surface area (Å²) >= 11 is 0. The fourth-order valence-electron chi connectivity index (χ4n) is 2.24. The average molecular weight is 212 g/mol. The number of piperazine rings is 1. The number of carbonyl (C=O) groups is 1. The summed E-state index contributed by atoms with van der Waals surface area (Å²) < 4.78 is 0. The Bertz CT molecular complexity index is 243. The van der Waals surface area contributed by atoms with Crippen LogP contribution in [0.15, 0.2) is 0 Å². The zero-order valence-corrected chi connectivity index (χ0v) is 9.41. The lowest BCUT2D eigenvalue weighted by molar-refractivity contribution is -0.130. The first-order chi connectivity index (χ1) is 7.15. The van der Waals surface area contributed by atoms with Crippen LogP contribution in [0.2, 0.25) is 0 Å². The van der Waals surface area contributed by atoms with E-state index in [1.807, 2.05) is 4.90 Å². The Morgan fingerprint density at radius 1 is 1.27 bits per heavy atom. The minimum absolute atomic E-state index is 0.179. The fraction of sp³-hybridized carbons (Fsp3) is 0.909. The van der Waals surface area contributed by atoms with Gasteiger partial charge in [-0.2, -0.15) is 0 Å². The van der Waals surface area contributed by atoms with Crippen LogP contribution in [-0.4, -0.2) is 60.1 Å². The van der Waals surface area contributed by atoms with Crippen LogP contribution in [0.3, 0.4) is 0 Å². The molecule has 86 valence electrons. The third-order valence-corrected chi connectivity index (χ3v) is 3.67. The van der Waals surface area contributed by atoms with Crippen molar-refractivity contribution in [3.63, 3.8) is 0 Å². The van der Waals surface area contributed by atoms with E-state index in [1.54, 1.807) is 6.92 Å². The van der Waals surface area contributed by atoms with Crippen molar-refractivity contribution in [2.45, 2.75) is 19.8 Å². The van der Waals surface area contributed by atoms with E-state index >= 15 is 0 Å². The maximum Gasteiger partial charge on any atom is 0.219 e. The van der Waals surface area contributed by atoms with Crippen molar-refractivity contribution in [3.05, 3.63) is 0 Å². The van der Waals surface area contributed by atoms with Gasteiger partial charge in [0, 0.05) is 51.7 Å². The van der Waals surface area contributed by atoms with Crippen LogP contribution >= 0.6 is 0 Å². The van der Waals surface area contributed by atoms with Crippen molar-refractivity contribution in [3.8, 4) is 0 Å². The lowest BCUT2D eigenvalue weighted by atomic mass is 10.1. The highest BCUT2D eigenvalue weighted by atomic mass is 16.3. The molecule has 0 aromatic rings. The summed E-state index contributed by atoms with van der Waals surface area (Å²) in [6, 6.07) is 0. The molecular weight excluding hydrogens is 192 g/mol. The van der Waals surface area contributed by atoms with Crippen LogP contribution in [0.4, 0.5) is 0 Å². The summed E-state index contributed by atoms with van der Waals surface area (Å²) in [5, 5.41) is 9.24. The second-order valence-corrected chi connectivity index (χ2v) is 4.94. The minimum atomic E-state index is 0.179. The number of aliphatic hydroxyl groups is 1. The van der Waals surface area contributed by atoms with E-state index < -0.39 is 0 Å². The molecule has 0 atom stereocenters. The summed E-state index contributed by atoms with van der Waals surface area (Å²) in [6.07, 6.45) is 2.33. The number of rotatable bonds is 3. The average Bonchev–Trinajstić information content (AvgIpc) is 2.99. The van der Waals surface area contributed by atoms with Crippen LogP contribution in [0, 0.1) is 5.41 Å². The monoisotopic (exact) mass is 212 g/mol. The zero-order valence-electron chi connectivity index (χ0n) is 9.41. The number of aliphatic hydroxyl groups excluding tert-OH is 1. The number of amides is 1. The normalized spacial score (nSPS) is 25.3. The molecule has 1 saturated heterocycles. The molecule has 0 radical (unpaired) electrons. The topological polar surface area (TPSA) is 43.8 Å². The standard InChI is InChI=1S/C11H20N2O2/c1-10(15)13-6-4-12(5-7-13)8-11(9-14)2-3-11/h14H,2-9H2,1H3. The molecule has 2 rings (SSSR count). The zero-order chi connectivity index (χ0) is 10.9. The van der Waals surface area contributed by atoms with Gasteiger partial charge in [0.2, 0.25) is 5.91 Å². The predicted molar refractivity (Wildman–Crippen MR) is 57.4 cm³/mol.